The van der Waals surface area contributed by atoms with Crippen LogP contribution in [0.25, 0.3) is 0 Å². The molecule has 0 radical (unpaired) electrons. The molecular weight excluding hydrogens is 300 g/mol. The first-order valence-electron chi connectivity index (χ1n) is 7.68. The maximum atomic E-state index is 10.6. The van der Waals surface area contributed by atoms with E-state index in [0.717, 1.165) is 17.5 Å². The van der Waals surface area contributed by atoms with Gasteiger partial charge in [-0.15, -0.1) is 0 Å². The first kappa shape index (κ1) is 18.9. The van der Waals surface area contributed by atoms with Gasteiger partial charge in [-0.3, -0.25) is 4.79 Å². The van der Waals surface area contributed by atoms with Gasteiger partial charge >= 0.3 is 5.97 Å². The normalized spacial score (nSPS) is 10.5. The van der Waals surface area contributed by atoms with Crippen LogP contribution in [-0.4, -0.2) is 11.1 Å². The number of rotatable bonds is 4. The quantitative estimate of drug-likeness (QED) is 0.905. The average molecular weight is 320 g/mol. The number of aryl methyl sites for hydroxylation is 1. The van der Waals surface area contributed by atoms with Crippen molar-refractivity contribution in [3.8, 4) is 12.1 Å². The molecule has 4 nitrogen and oxygen atoms in total. The van der Waals surface area contributed by atoms with Crippen LogP contribution in [-0.2, 0) is 4.79 Å². The van der Waals surface area contributed by atoms with E-state index in [2.05, 4.69) is 12.1 Å². The second-order valence-electron chi connectivity index (χ2n) is 5.42. The molecule has 0 fully saturated rings. The van der Waals surface area contributed by atoms with Crippen LogP contribution < -0.4 is 0 Å². The van der Waals surface area contributed by atoms with Crippen molar-refractivity contribution >= 4 is 5.97 Å². The highest BCUT2D eigenvalue weighted by Crippen LogP contribution is 2.23. The SMILES string of the molecule is CCC(CC(=O)O)c1cccc(C#N)c1.Cc1ccc(C#N)cc1. The van der Waals surface area contributed by atoms with E-state index in [1.54, 1.807) is 18.2 Å². The maximum absolute atomic E-state index is 10.6. The molecule has 24 heavy (non-hydrogen) atoms. The first-order chi connectivity index (χ1) is 11.5. The van der Waals surface area contributed by atoms with Crippen LogP contribution in [0.15, 0.2) is 48.5 Å². The fraction of sp³-hybridized carbons (Fsp3) is 0.250. The Morgan fingerprint density at radius 2 is 1.71 bits per heavy atom. The van der Waals surface area contributed by atoms with Gasteiger partial charge in [0, 0.05) is 0 Å². The minimum absolute atomic E-state index is 0.00389. The summed E-state index contributed by atoms with van der Waals surface area (Å²) in [5, 5.41) is 25.8. The summed E-state index contributed by atoms with van der Waals surface area (Å²) in [4.78, 5) is 10.6. The van der Waals surface area contributed by atoms with E-state index in [1.807, 2.05) is 44.2 Å². The van der Waals surface area contributed by atoms with Crippen LogP contribution in [0, 0.1) is 29.6 Å². The van der Waals surface area contributed by atoms with E-state index in [-0.39, 0.29) is 12.3 Å². The molecule has 0 saturated heterocycles. The van der Waals surface area contributed by atoms with E-state index in [1.165, 1.54) is 5.56 Å². The standard InChI is InChI=1S/C12H13NO2.C8H7N/c1-2-10(7-12(14)15)11-5-3-4-9(6-11)8-13;1-7-2-4-8(6-9)5-3-7/h3-6,10H,2,7H2,1H3,(H,14,15);2-5H,1H3. The van der Waals surface area contributed by atoms with Crippen LogP contribution in [0.4, 0.5) is 0 Å². The Morgan fingerprint density at radius 1 is 1.08 bits per heavy atom. The van der Waals surface area contributed by atoms with Crippen molar-refractivity contribution in [2.24, 2.45) is 0 Å². The Kier molecular flexibility index (Phi) is 7.75. The molecule has 2 aromatic rings. The smallest absolute Gasteiger partial charge is 0.303 e. The van der Waals surface area contributed by atoms with Gasteiger partial charge < -0.3 is 5.11 Å². The molecule has 0 bridgehead atoms. The van der Waals surface area contributed by atoms with Gasteiger partial charge in [-0.2, -0.15) is 10.5 Å². The highest BCUT2D eigenvalue weighted by Gasteiger charge is 2.13. The van der Waals surface area contributed by atoms with Gasteiger partial charge in [0.05, 0.1) is 29.7 Å². The number of carbonyl (C=O) groups is 1. The minimum Gasteiger partial charge on any atom is -0.481 e. The molecule has 0 aromatic heterocycles. The van der Waals surface area contributed by atoms with E-state index in [9.17, 15) is 4.79 Å². The molecule has 1 atom stereocenters. The summed E-state index contributed by atoms with van der Waals surface area (Å²) in [5.74, 6) is -0.806. The van der Waals surface area contributed by atoms with Crippen LogP contribution in [0.1, 0.15) is 47.9 Å². The lowest BCUT2D eigenvalue weighted by Gasteiger charge is -2.12. The summed E-state index contributed by atoms with van der Waals surface area (Å²) in [6.45, 7) is 3.95. The zero-order valence-electron chi connectivity index (χ0n) is 13.9. The van der Waals surface area contributed by atoms with E-state index in [0.29, 0.717) is 5.56 Å². The fourth-order valence-corrected chi connectivity index (χ4v) is 2.20. The molecule has 2 aromatic carbocycles. The minimum atomic E-state index is -0.802. The molecule has 0 aliphatic carbocycles. The molecule has 122 valence electrons. The molecule has 1 N–H and O–H groups in total. The Morgan fingerprint density at radius 3 is 2.21 bits per heavy atom. The molecule has 1 unspecified atom stereocenters. The summed E-state index contributed by atoms with van der Waals surface area (Å²) in [5.41, 5.74) is 3.42. The van der Waals surface area contributed by atoms with Crippen LogP contribution in [0.5, 0.6) is 0 Å². The molecule has 0 heterocycles. The van der Waals surface area contributed by atoms with E-state index >= 15 is 0 Å². The zero-order valence-corrected chi connectivity index (χ0v) is 13.9. The Bertz CT molecular complexity index is 752. The van der Waals surface area contributed by atoms with Crippen molar-refractivity contribution in [1.29, 1.82) is 10.5 Å². The maximum Gasteiger partial charge on any atom is 0.303 e. The summed E-state index contributed by atoms with van der Waals surface area (Å²) < 4.78 is 0. The summed E-state index contributed by atoms with van der Waals surface area (Å²) in [7, 11) is 0. The van der Waals surface area contributed by atoms with Gasteiger partial charge in [0.15, 0.2) is 0 Å². The molecule has 0 saturated carbocycles. The van der Waals surface area contributed by atoms with Crippen LogP contribution >= 0.6 is 0 Å². The zero-order chi connectivity index (χ0) is 17.9. The van der Waals surface area contributed by atoms with Crippen molar-refractivity contribution in [2.45, 2.75) is 32.6 Å². The van der Waals surface area contributed by atoms with Crippen LogP contribution in [0.3, 0.4) is 0 Å². The van der Waals surface area contributed by atoms with Gasteiger partial charge in [-0.1, -0.05) is 36.8 Å². The lowest BCUT2D eigenvalue weighted by molar-refractivity contribution is -0.137. The van der Waals surface area contributed by atoms with Crippen molar-refractivity contribution < 1.29 is 9.90 Å². The third kappa shape index (κ3) is 6.34. The van der Waals surface area contributed by atoms with Gasteiger partial charge in [-0.25, -0.2) is 0 Å². The predicted octanol–water partition coefficient (Wildman–Crippen LogP) is 4.39. The fourth-order valence-electron chi connectivity index (χ4n) is 2.20. The number of nitriles is 2. The highest BCUT2D eigenvalue weighted by molar-refractivity contribution is 5.68. The van der Waals surface area contributed by atoms with Crippen molar-refractivity contribution in [3.05, 3.63) is 70.8 Å². The third-order valence-corrected chi connectivity index (χ3v) is 3.58. The second-order valence-corrected chi connectivity index (χ2v) is 5.42. The van der Waals surface area contributed by atoms with Gasteiger partial charge in [-0.05, 0) is 49.1 Å². The largest absolute Gasteiger partial charge is 0.481 e. The monoisotopic (exact) mass is 320 g/mol. The van der Waals surface area contributed by atoms with E-state index < -0.39 is 5.97 Å². The number of carboxylic acids is 1. The molecular formula is C20H20N2O2. The molecule has 0 amide bonds. The summed E-state index contributed by atoms with van der Waals surface area (Å²) in [6, 6.07) is 18.7. The first-order valence-corrected chi connectivity index (χ1v) is 7.68. The molecule has 0 spiro atoms. The van der Waals surface area contributed by atoms with Crippen molar-refractivity contribution in [3.63, 3.8) is 0 Å². The number of benzene rings is 2. The predicted molar refractivity (Wildman–Crippen MR) is 92.3 cm³/mol. The van der Waals surface area contributed by atoms with Gasteiger partial charge in [0.25, 0.3) is 0 Å². The lowest BCUT2D eigenvalue weighted by Crippen LogP contribution is -2.05. The molecule has 4 heteroatoms. The van der Waals surface area contributed by atoms with Gasteiger partial charge in [0.1, 0.15) is 0 Å². The number of carboxylic acid groups (broad SMARTS) is 1. The Balaban J connectivity index is 0.000000272. The number of hydrogen-bond acceptors (Lipinski definition) is 3. The average Bonchev–Trinajstić information content (AvgIpc) is 2.60. The van der Waals surface area contributed by atoms with E-state index in [4.69, 9.17) is 15.6 Å². The Hall–Kier alpha value is -3.11. The van der Waals surface area contributed by atoms with Crippen LogP contribution in [0.2, 0.25) is 0 Å². The third-order valence-electron chi connectivity index (χ3n) is 3.58. The molecule has 0 aliphatic heterocycles. The second kappa shape index (κ2) is 9.82. The lowest BCUT2D eigenvalue weighted by atomic mass is 9.92. The number of aliphatic carboxylic acids is 1. The Labute approximate surface area is 142 Å². The summed E-state index contributed by atoms with van der Waals surface area (Å²) >= 11 is 0. The topological polar surface area (TPSA) is 84.9 Å². The number of nitrogens with zero attached hydrogens (tertiary/aromatic N) is 2. The van der Waals surface area contributed by atoms with Crippen molar-refractivity contribution in [1.82, 2.24) is 0 Å². The molecule has 0 aliphatic rings. The van der Waals surface area contributed by atoms with Crippen molar-refractivity contribution in [2.75, 3.05) is 0 Å². The number of hydrogen-bond donors (Lipinski definition) is 1. The van der Waals surface area contributed by atoms with Gasteiger partial charge in [0.2, 0.25) is 0 Å². The summed E-state index contributed by atoms with van der Waals surface area (Å²) in [6.07, 6.45) is 0.882. The molecule has 2 rings (SSSR count). The highest BCUT2D eigenvalue weighted by atomic mass is 16.4.